The van der Waals surface area contributed by atoms with Crippen molar-refractivity contribution in [2.45, 2.75) is 19.9 Å². The molecule has 2 N–H and O–H groups in total. The number of hydrogen-bond donors (Lipinski definition) is 2. The Morgan fingerprint density at radius 2 is 1.62 bits per heavy atom. The Morgan fingerprint density at radius 1 is 0.966 bits per heavy atom. The van der Waals surface area contributed by atoms with Crippen molar-refractivity contribution in [2.24, 2.45) is 0 Å². The number of amides is 2. The molecular weight excluding hydrogens is 360 g/mol. The van der Waals surface area contributed by atoms with Gasteiger partial charge < -0.3 is 10.6 Å². The second-order valence-corrected chi connectivity index (χ2v) is 6.26. The van der Waals surface area contributed by atoms with Crippen LogP contribution in [-0.2, 0) is 11.3 Å². The summed E-state index contributed by atoms with van der Waals surface area (Å²) in [5.41, 5.74) is 2.71. The molecule has 0 fully saturated rings. The van der Waals surface area contributed by atoms with Crippen LogP contribution in [0.5, 0.6) is 0 Å². The van der Waals surface area contributed by atoms with E-state index in [4.69, 9.17) is 0 Å². The van der Waals surface area contributed by atoms with Crippen LogP contribution < -0.4 is 10.6 Å². The highest BCUT2D eigenvalue weighted by Gasteiger charge is 2.13. The monoisotopic (exact) mass is 386 g/mol. The minimum absolute atomic E-state index is 0.181. The van der Waals surface area contributed by atoms with E-state index >= 15 is 0 Å². The van der Waals surface area contributed by atoms with Crippen molar-refractivity contribution in [1.29, 1.82) is 0 Å². The zero-order valence-electron chi connectivity index (χ0n) is 16.6. The van der Waals surface area contributed by atoms with Crippen LogP contribution in [0, 0.1) is 0 Å². The molecule has 4 nitrogen and oxygen atoms in total. The lowest BCUT2D eigenvalue weighted by atomic mass is 10.1. The first-order valence-corrected chi connectivity index (χ1v) is 9.52. The summed E-state index contributed by atoms with van der Waals surface area (Å²) < 4.78 is 0. The van der Waals surface area contributed by atoms with Gasteiger partial charge in [0.05, 0.1) is 0 Å². The highest BCUT2D eigenvalue weighted by Crippen LogP contribution is 2.05. The third-order valence-electron chi connectivity index (χ3n) is 4.14. The van der Waals surface area contributed by atoms with Gasteiger partial charge in [0, 0.05) is 12.1 Å². The largest absolute Gasteiger partial charge is 0.347 e. The highest BCUT2D eigenvalue weighted by molar-refractivity contribution is 6.02. The molecule has 0 saturated carbocycles. The molecule has 0 atom stereocenters. The Balaban J connectivity index is 2.16. The fourth-order valence-electron chi connectivity index (χ4n) is 2.54. The molecule has 148 valence electrons. The van der Waals surface area contributed by atoms with Crippen molar-refractivity contribution in [3.8, 4) is 0 Å². The van der Waals surface area contributed by atoms with Crippen LogP contribution in [0.1, 0.15) is 29.3 Å². The van der Waals surface area contributed by atoms with Crippen molar-refractivity contribution < 1.29 is 9.59 Å². The Kier molecular flexibility index (Phi) is 8.90. The van der Waals surface area contributed by atoms with Crippen LogP contribution in [0.15, 0.2) is 109 Å². The number of rotatable bonds is 9. The molecule has 0 aliphatic rings. The predicted molar refractivity (Wildman–Crippen MR) is 118 cm³/mol. The van der Waals surface area contributed by atoms with Crippen molar-refractivity contribution in [2.75, 3.05) is 0 Å². The van der Waals surface area contributed by atoms with Crippen LogP contribution >= 0.6 is 0 Å². The number of nitrogens with one attached hydrogen (secondary N) is 2. The zero-order chi connectivity index (χ0) is 20.9. The lowest BCUT2D eigenvalue weighted by Crippen LogP contribution is -2.34. The molecule has 0 bridgehead atoms. The van der Waals surface area contributed by atoms with Crippen molar-refractivity contribution >= 4 is 11.8 Å². The number of benzene rings is 2. The summed E-state index contributed by atoms with van der Waals surface area (Å²) >= 11 is 0. The third kappa shape index (κ3) is 7.46. The number of hydrogen-bond acceptors (Lipinski definition) is 2. The van der Waals surface area contributed by atoms with E-state index < -0.39 is 0 Å². The van der Waals surface area contributed by atoms with Crippen molar-refractivity contribution in [3.63, 3.8) is 0 Å². The molecular formula is C25H26N2O2. The second-order valence-electron chi connectivity index (χ2n) is 6.26. The molecule has 0 aliphatic heterocycles. The van der Waals surface area contributed by atoms with Gasteiger partial charge in [-0.25, -0.2) is 0 Å². The van der Waals surface area contributed by atoms with E-state index in [1.54, 1.807) is 42.5 Å². The van der Waals surface area contributed by atoms with Gasteiger partial charge >= 0.3 is 0 Å². The van der Waals surface area contributed by atoms with Gasteiger partial charge in [0.1, 0.15) is 5.70 Å². The normalized spacial score (nSPS) is 11.9. The molecule has 29 heavy (non-hydrogen) atoms. The molecule has 0 aliphatic carbocycles. The standard InChI is InChI=1S/C25H26N2O2/c1-3-12-20(4-2)15-11-18-23(27-24(28)22-16-9-6-10-17-22)25(29)26-19-21-13-7-5-8-14-21/h3,5-18H,1,4,19H2,2H3,(H,26,29)(H,27,28)/b15-11-,20-12+,23-18-. The van der Waals surface area contributed by atoms with E-state index in [0.29, 0.717) is 12.1 Å². The molecule has 0 unspecified atom stereocenters. The van der Waals surface area contributed by atoms with Crippen molar-refractivity contribution in [3.05, 3.63) is 120 Å². The molecule has 4 heteroatoms. The molecule has 0 saturated heterocycles. The molecule has 2 aromatic rings. The van der Waals surface area contributed by atoms with Gasteiger partial charge in [-0.05, 0) is 35.8 Å². The average Bonchev–Trinajstić information content (AvgIpc) is 2.77. The smallest absolute Gasteiger partial charge is 0.268 e. The molecule has 2 amide bonds. The topological polar surface area (TPSA) is 58.2 Å². The van der Waals surface area contributed by atoms with E-state index in [2.05, 4.69) is 17.2 Å². The number of carbonyl (C=O) groups is 2. The van der Waals surface area contributed by atoms with Crippen LogP contribution in [-0.4, -0.2) is 11.8 Å². The van der Waals surface area contributed by atoms with Gasteiger partial charge in [-0.3, -0.25) is 9.59 Å². The van der Waals surface area contributed by atoms with E-state index in [-0.39, 0.29) is 17.5 Å². The maximum Gasteiger partial charge on any atom is 0.268 e. The maximum absolute atomic E-state index is 12.7. The second kappa shape index (κ2) is 11.9. The van der Waals surface area contributed by atoms with Gasteiger partial charge in [0.15, 0.2) is 0 Å². The lowest BCUT2D eigenvalue weighted by molar-refractivity contribution is -0.118. The van der Waals surface area contributed by atoms with Gasteiger partial charge in [-0.1, -0.05) is 86.3 Å². The molecule has 2 aromatic carbocycles. The first kappa shape index (κ1) is 21.6. The Morgan fingerprint density at radius 3 is 2.24 bits per heavy atom. The van der Waals surface area contributed by atoms with E-state index in [1.807, 2.05) is 55.5 Å². The minimum atomic E-state index is -0.353. The fraction of sp³-hybridized carbons (Fsp3) is 0.120. The van der Waals surface area contributed by atoms with Crippen LogP contribution in [0.25, 0.3) is 0 Å². The fourth-order valence-corrected chi connectivity index (χ4v) is 2.54. The Hall–Kier alpha value is -3.66. The first-order chi connectivity index (χ1) is 14.1. The first-order valence-electron chi connectivity index (χ1n) is 9.52. The van der Waals surface area contributed by atoms with E-state index in [1.165, 1.54) is 0 Å². The quantitative estimate of drug-likeness (QED) is 0.485. The molecule has 0 radical (unpaired) electrons. The summed E-state index contributed by atoms with van der Waals surface area (Å²) in [4.78, 5) is 25.2. The van der Waals surface area contributed by atoms with Crippen LogP contribution in [0.3, 0.4) is 0 Å². The summed E-state index contributed by atoms with van der Waals surface area (Å²) in [5, 5.41) is 5.56. The van der Waals surface area contributed by atoms with Crippen molar-refractivity contribution in [1.82, 2.24) is 10.6 Å². The molecule has 0 aromatic heterocycles. The highest BCUT2D eigenvalue weighted by atomic mass is 16.2. The summed E-state index contributed by atoms with van der Waals surface area (Å²) in [6.45, 7) is 6.11. The van der Waals surface area contributed by atoms with E-state index in [9.17, 15) is 9.59 Å². The molecule has 2 rings (SSSR count). The summed E-state index contributed by atoms with van der Waals surface area (Å²) in [6.07, 6.45) is 9.71. The SMILES string of the molecule is C=C/C=C(/C=C\C=C(/NC(=O)c1ccccc1)C(=O)NCc1ccccc1)CC. The lowest BCUT2D eigenvalue weighted by Gasteiger charge is -2.11. The average molecular weight is 386 g/mol. The van der Waals surface area contributed by atoms with E-state index in [0.717, 1.165) is 17.6 Å². The zero-order valence-corrected chi connectivity index (χ0v) is 16.6. The summed E-state index contributed by atoms with van der Waals surface area (Å²) in [5.74, 6) is -0.689. The molecule has 0 spiro atoms. The van der Waals surface area contributed by atoms with Gasteiger partial charge in [0.25, 0.3) is 11.8 Å². The summed E-state index contributed by atoms with van der Waals surface area (Å²) in [6, 6.07) is 18.4. The van der Waals surface area contributed by atoms with Gasteiger partial charge in [-0.15, -0.1) is 0 Å². The third-order valence-corrected chi connectivity index (χ3v) is 4.14. The van der Waals surface area contributed by atoms with Crippen LogP contribution in [0.4, 0.5) is 0 Å². The number of carbonyl (C=O) groups excluding carboxylic acids is 2. The minimum Gasteiger partial charge on any atom is -0.347 e. The molecule has 0 heterocycles. The predicted octanol–water partition coefficient (Wildman–Crippen LogP) is 4.70. The van der Waals surface area contributed by atoms with Gasteiger partial charge in [-0.2, -0.15) is 0 Å². The van der Waals surface area contributed by atoms with Crippen LogP contribution in [0.2, 0.25) is 0 Å². The summed E-state index contributed by atoms with van der Waals surface area (Å²) in [7, 11) is 0. The van der Waals surface area contributed by atoms with Gasteiger partial charge in [0.2, 0.25) is 0 Å². The number of allylic oxidation sites excluding steroid dienone is 6. The Labute approximate surface area is 172 Å². The Bertz CT molecular complexity index is 910. The maximum atomic E-state index is 12.7.